The molecule has 122 valence electrons. The molecule has 4 nitrogen and oxygen atoms in total. The van der Waals surface area contributed by atoms with Crippen LogP contribution in [0, 0.1) is 6.92 Å². The first-order valence-electron chi connectivity index (χ1n) is 7.95. The van der Waals surface area contributed by atoms with Crippen LogP contribution in [-0.4, -0.2) is 15.0 Å². The van der Waals surface area contributed by atoms with E-state index in [1.165, 1.54) is 0 Å². The molecule has 0 saturated heterocycles. The largest absolute Gasteiger partial charge is 0.316 e. The van der Waals surface area contributed by atoms with Crippen molar-refractivity contribution in [3.05, 3.63) is 78.1 Å². The van der Waals surface area contributed by atoms with Crippen molar-refractivity contribution in [2.75, 3.05) is 5.32 Å². The molecule has 3 aromatic heterocycles. The summed E-state index contributed by atoms with van der Waals surface area (Å²) in [7, 11) is 0. The van der Waals surface area contributed by atoms with Gasteiger partial charge in [-0.15, -0.1) is 11.3 Å². The molecule has 1 aromatic carbocycles. The Morgan fingerprint density at radius 2 is 1.68 bits per heavy atom. The highest BCUT2D eigenvalue weighted by Crippen LogP contribution is 2.28. The van der Waals surface area contributed by atoms with E-state index in [9.17, 15) is 0 Å². The smallest absolute Gasteiger partial charge is 0.188 e. The summed E-state index contributed by atoms with van der Waals surface area (Å²) in [6.07, 6.45) is 3.65. The maximum absolute atomic E-state index is 4.66. The Kier molecular flexibility index (Phi) is 4.23. The molecular weight excluding hydrogens is 328 g/mol. The van der Waals surface area contributed by atoms with Crippen LogP contribution in [0.5, 0.6) is 0 Å². The summed E-state index contributed by atoms with van der Waals surface area (Å²) in [6, 6.07) is 18.3. The highest BCUT2D eigenvalue weighted by molar-refractivity contribution is 7.14. The predicted octanol–water partition coefficient (Wildman–Crippen LogP) is 5.32. The summed E-state index contributed by atoms with van der Waals surface area (Å²) in [6.45, 7) is 1.97. The number of nitrogens with one attached hydrogen (secondary N) is 1. The average Bonchev–Trinajstić information content (AvgIpc) is 3.11. The van der Waals surface area contributed by atoms with Crippen LogP contribution >= 0.6 is 11.3 Å². The lowest BCUT2D eigenvalue weighted by molar-refractivity contribution is 1.19. The molecule has 0 radical (unpaired) electrons. The lowest BCUT2D eigenvalue weighted by Gasteiger charge is -2.03. The van der Waals surface area contributed by atoms with Crippen LogP contribution in [0.25, 0.3) is 22.4 Å². The molecule has 0 fully saturated rings. The zero-order valence-electron chi connectivity index (χ0n) is 13.7. The van der Waals surface area contributed by atoms with Crippen molar-refractivity contribution >= 4 is 22.3 Å². The Balaban J connectivity index is 1.54. The third-order valence-electron chi connectivity index (χ3n) is 3.80. The van der Waals surface area contributed by atoms with Gasteiger partial charge < -0.3 is 5.32 Å². The molecule has 0 aliphatic heterocycles. The molecule has 0 atom stereocenters. The molecular formula is C20H16N4S. The van der Waals surface area contributed by atoms with Crippen LogP contribution in [0.15, 0.2) is 72.4 Å². The molecule has 0 unspecified atom stereocenters. The minimum absolute atomic E-state index is 0.813. The van der Waals surface area contributed by atoms with E-state index < -0.39 is 0 Å². The summed E-state index contributed by atoms with van der Waals surface area (Å²) in [4.78, 5) is 13.3. The van der Waals surface area contributed by atoms with Gasteiger partial charge in [0.1, 0.15) is 5.82 Å². The van der Waals surface area contributed by atoms with Gasteiger partial charge in [-0.05, 0) is 36.2 Å². The predicted molar refractivity (Wildman–Crippen MR) is 103 cm³/mol. The van der Waals surface area contributed by atoms with Crippen molar-refractivity contribution in [2.45, 2.75) is 6.92 Å². The molecule has 4 aromatic rings. The second kappa shape index (κ2) is 6.83. The number of hydrogen-bond donors (Lipinski definition) is 1. The van der Waals surface area contributed by atoms with E-state index in [0.29, 0.717) is 0 Å². The molecule has 0 aliphatic carbocycles. The summed E-state index contributed by atoms with van der Waals surface area (Å²) in [5.74, 6) is 0.813. The Morgan fingerprint density at radius 3 is 2.44 bits per heavy atom. The van der Waals surface area contributed by atoms with E-state index in [1.807, 2.05) is 37.4 Å². The minimum Gasteiger partial charge on any atom is -0.316 e. The Morgan fingerprint density at radius 1 is 0.840 bits per heavy atom. The third-order valence-corrected chi connectivity index (χ3v) is 4.56. The lowest BCUT2D eigenvalue weighted by Crippen LogP contribution is -1.93. The fraction of sp³-hybridized carbons (Fsp3) is 0.0500. The number of anilines is 2. The van der Waals surface area contributed by atoms with Gasteiger partial charge in [0.05, 0.1) is 5.69 Å². The van der Waals surface area contributed by atoms with Gasteiger partial charge in [0, 0.05) is 29.0 Å². The van der Waals surface area contributed by atoms with Crippen molar-refractivity contribution in [1.29, 1.82) is 0 Å². The van der Waals surface area contributed by atoms with E-state index in [2.05, 4.69) is 56.0 Å². The average molecular weight is 344 g/mol. The number of thiazole rings is 1. The Bertz CT molecular complexity index is 978. The molecule has 0 bridgehead atoms. The van der Waals surface area contributed by atoms with Crippen LogP contribution < -0.4 is 5.32 Å². The van der Waals surface area contributed by atoms with Crippen LogP contribution in [-0.2, 0) is 0 Å². The third kappa shape index (κ3) is 3.56. The fourth-order valence-electron chi connectivity index (χ4n) is 2.55. The molecule has 5 heteroatoms. The van der Waals surface area contributed by atoms with Gasteiger partial charge in [-0.3, -0.25) is 4.98 Å². The molecule has 1 N–H and O–H groups in total. The zero-order chi connectivity index (χ0) is 17.1. The number of rotatable bonds is 4. The first-order valence-corrected chi connectivity index (χ1v) is 8.83. The topological polar surface area (TPSA) is 50.7 Å². The van der Waals surface area contributed by atoms with Crippen molar-refractivity contribution < 1.29 is 0 Å². The summed E-state index contributed by atoms with van der Waals surface area (Å²) < 4.78 is 0. The van der Waals surface area contributed by atoms with E-state index in [0.717, 1.165) is 39.0 Å². The number of aryl methyl sites for hydroxylation is 1. The first-order chi connectivity index (χ1) is 12.3. The quantitative estimate of drug-likeness (QED) is 0.544. The molecule has 4 rings (SSSR count). The SMILES string of the molecule is Cc1cccc(Nc2nc(-c3ccc(-c4cccnc4)cc3)cs2)n1. The highest BCUT2D eigenvalue weighted by atomic mass is 32.1. The van der Waals surface area contributed by atoms with Crippen LogP contribution in [0.3, 0.4) is 0 Å². The van der Waals surface area contributed by atoms with E-state index in [1.54, 1.807) is 17.5 Å². The number of benzene rings is 1. The number of pyridine rings is 2. The Labute approximate surface area is 150 Å². The molecule has 0 saturated carbocycles. The second-order valence-corrected chi connectivity index (χ2v) is 6.50. The van der Waals surface area contributed by atoms with Gasteiger partial charge in [0.2, 0.25) is 0 Å². The zero-order valence-corrected chi connectivity index (χ0v) is 14.5. The van der Waals surface area contributed by atoms with Gasteiger partial charge in [-0.2, -0.15) is 0 Å². The van der Waals surface area contributed by atoms with Gasteiger partial charge in [-0.1, -0.05) is 36.4 Å². The van der Waals surface area contributed by atoms with Crippen LogP contribution in [0.1, 0.15) is 5.69 Å². The molecule has 3 heterocycles. The maximum Gasteiger partial charge on any atom is 0.188 e. The number of nitrogens with zero attached hydrogens (tertiary/aromatic N) is 3. The van der Waals surface area contributed by atoms with E-state index >= 15 is 0 Å². The fourth-order valence-corrected chi connectivity index (χ4v) is 3.28. The Hall–Kier alpha value is -3.05. The van der Waals surface area contributed by atoms with Crippen molar-refractivity contribution in [2.24, 2.45) is 0 Å². The summed E-state index contributed by atoms with van der Waals surface area (Å²) >= 11 is 1.57. The van der Waals surface area contributed by atoms with Gasteiger partial charge >= 0.3 is 0 Å². The monoisotopic (exact) mass is 344 g/mol. The number of hydrogen-bond acceptors (Lipinski definition) is 5. The molecule has 25 heavy (non-hydrogen) atoms. The highest BCUT2D eigenvalue weighted by Gasteiger charge is 2.06. The van der Waals surface area contributed by atoms with Gasteiger partial charge in [0.25, 0.3) is 0 Å². The molecule has 0 aliphatic rings. The first kappa shape index (κ1) is 15.5. The second-order valence-electron chi connectivity index (χ2n) is 5.65. The van der Waals surface area contributed by atoms with Crippen molar-refractivity contribution in [3.8, 4) is 22.4 Å². The molecule has 0 spiro atoms. The molecule has 0 amide bonds. The summed E-state index contributed by atoms with van der Waals surface area (Å²) in [5.41, 5.74) is 5.29. The van der Waals surface area contributed by atoms with E-state index in [-0.39, 0.29) is 0 Å². The lowest BCUT2D eigenvalue weighted by atomic mass is 10.0. The van der Waals surface area contributed by atoms with Gasteiger partial charge in [0.15, 0.2) is 5.13 Å². The van der Waals surface area contributed by atoms with Crippen LogP contribution in [0.4, 0.5) is 10.9 Å². The van der Waals surface area contributed by atoms with Crippen molar-refractivity contribution in [3.63, 3.8) is 0 Å². The van der Waals surface area contributed by atoms with Crippen molar-refractivity contribution in [1.82, 2.24) is 15.0 Å². The normalized spacial score (nSPS) is 10.6. The van der Waals surface area contributed by atoms with E-state index in [4.69, 9.17) is 0 Å². The van der Waals surface area contributed by atoms with Gasteiger partial charge in [-0.25, -0.2) is 9.97 Å². The van der Waals surface area contributed by atoms with Crippen LogP contribution in [0.2, 0.25) is 0 Å². The number of aromatic nitrogens is 3. The maximum atomic E-state index is 4.66. The standard InChI is InChI=1S/C20H16N4S/c1-14-4-2-6-19(22-14)24-20-23-18(13-25-20)16-9-7-15(8-10-16)17-5-3-11-21-12-17/h2-13H,1H3,(H,22,23,24). The summed E-state index contributed by atoms with van der Waals surface area (Å²) in [5, 5.41) is 6.15. The minimum atomic E-state index is 0.813.